The Balaban J connectivity index is 1.54. The van der Waals surface area contributed by atoms with Crippen molar-refractivity contribution >= 4 is 6.16 Å². The first kappa shape index (κ1) is 26.1. The summed E-state index contributed by atoms with van der Waals surface area (Å²) in [6.07, 6.45) is 16.4. The molecule has 0 amide bonds. The highest BCUT2D eigenvalue weighted by molar-refractivity contribution is 5.57. The Morgan fingerprint density at radius 1 is 1.15 bits per heavy atom. The van der Waals surface area contributed by atoms with E-state index >= 15 is 0 Å². The summed E-state index contributed by atoms with van der Waals surface area (Å²) in [4.78, 5) is 11.3. The van der Waals surface area contributed by atoms with Crippen LogP contribution in [0.25, 0.3) is 0 Å². The van der Waals surface area contributed by atoms with Gasteiger partial charge in [-0.05, 0) is 97.2 Å². The van der Waals surface area contributed by atoms with Gasteiger partial charge in [-0.2, -0.15) is 0 Å². The van der Waals surface area contributed by atoms with Crippen LogP contribution in [0.4, 0.5) is 4.79 Å². The number of allylic oxidation sites excluding steroid dienone is 1. The molecular weight excluding hydrogens is 420 g/mol. The van der Waals surface area contributed by atoms with Crippen molar-refractivity contribution in [2.75, 3.05) is 0 Å². The molecule has 194 valence electrons. The van der Waals surface area contributed by atoms with Gasteiger partial charge in [-0.3, -0.25) is 0 Å². The number of carboxylic acid groups (broad SMARTS) is 1. The Morgan fingerprint density at radius 3 is 2.59 bits per heavy atom. The molecule has 0 bridgehead atoms. The van der Waals surface area contributed by atoms with E-state index in [1.165, 1.54) is 69.8 Å². The van der Waals surface area contributed by atoms with Gasteiger partial charge >= 0.3 is 6.16 Å². The maximum atomic E-state index is 11.3. The lowest BCUT2D eigenvalue weighted by molar-refractivity contribution is -0.0840. The van der Waals surface area contributed by atoms with Crippen molar-refractivity contribution < 1.29 is 14.6 Å². The maximum Gasteiger partial charge on any atom is 0.506 e. The van der Waals surface area contributed by atoms with E-state index in [0.29, 0.717) is 11.3 Å². The Bertz CT molecular complexity index is 756. The summed E-state index contributed by atoms with van der Waals surface area (Å²) in [7, 11) is 0. The number of carbonyl (C=O) groups is 1. The van der Waals surface area contributed by atoms with E-state index in [-0.39, 0.29) is 11.5 Å². The summed E-state index contributed by atoms with van der Waals surface area (Å²) >= 11 is 0. The summed E-state index contributed by atoms with van der Waals surface area (Å²) in [6.45, 7) is 14.8. The van der Waals surface area contributed by atoms with Gasteiger partial charge in [-0.15, -0.1) is 0 Å². The number of hydrogen-bond acceptors (Lipinski definition) is 2. The molecule has 0 aliphatic heterocycles. The predicted molar refractivity (Wildman–Crippen MR) is 140 cm³/mol. The summed E-state index contributed by atoms with van der Waals surface area (Å²) in [5, 5.41) is 9.27. The van der Waals surface area contributed by atoms with Crippen LogP contribution in [-0.4, -0.2) is 17.4 Å². The first-order valence-corrected chi connectivity index (χ1v) is 14.7. The second-order valence-corrected chi connectivity index (χ2v) is 13.6. The van der Waals surface area contributed by atoms with Gasteiger partial charge in [0.15, 0.2) is 0 Å². The Morgan fingerprint density at radius 2 is 1.91 bits per heavy atom. The highest BCUT2D eigenvalue weighted by Gasteiger charge is 2.61. The highest BCUT2D eigenvalue weighted by atomic mass is 16.7. The third-order valence-electron chi connectivity index (χ3n) is 11.5. The van der Waals surface area contributed by atoms with E-state index in [1.807, 2.05) is 0 Å². The number of ether oxygens (including phenoxy) is 1. The Kier molecular flexibility index (Phi) is 7.80. The van der Waals surface area contributed by atoms with Crippen molar-refractivity contribution in [2.24, 2.45) is 52.3 Å². The zero-order valence-corrected chi connectivity index (χ0v) is 22.9. The second-order valence-electron chi connectivity index (χ2n) is 13.6. The van der Waals surface area contributed by atoms with E-state index in [2.05, 4.69) is 47.6 Å². The van der Waals surface area contributed by atoms with Gasteiger partial charge in [-0.1, -0.05) is 78.9 Å². The van der Waals surface area contributed by atoms with Crippen LogP contribution in [0, 0.1) is 52.3 Å². The lowest BCUT2D eigenvalue weighted by Gasteiger charge is -2.61. The fourth-order valence-corrected chi connectivity index (χ4v) is 9.88. The first-order chi connectivity index (χ1) is 16.1. The molecule has 0 heterocycles. The smallest absolute Gasteiger partial charge is 0.450 e. The molecule has 0 aromatic heterocycles. The van der Waals surface area contributed by atoms with E-state index in [1.54, 1.807) is 0 Å². The van der Waals surface area contributed by atoms with E-state index in [4.69, 9.17) is 4.74 Å². The Hall–Kier alpha value is -0.990. The van der Waals surface area contributed by atoms with Crippen LogP contribution in [0.3, 0.4) is 0 Å². The Labute approximate surface area is 209 Å². The molecule has 3 heteroatoms. The molecule has 9 atom stereocenters. The number of fused-ring (bicyclic) bond motifs is 5. The largest absolute Gasteiger partial charge is 0.506 e. The zero-order chi connectivity index (χ0) is 24.7. The van der Waals surface area contributed by atoms with Gasteiger partial charge in [0.25, 0.3) is 0 Å². The quantitative estimate of drug-likeness (QED) is 0.283. The molecule has 1 N–H and O–H groups in total. The highest BCUT2D eigenvalue weighted by Crippen LogP contribution is 2.68. The fraction of sp³-hybridized carbons (Fsp3) is 0.903. The monoisotopic (exact) mass is 472 g/mol. The first-order valence-electron chi connectivity index (χ1n) is 14.7. The fourth-order valence-electron chi connectivity index (χ4n) is 9.88. The maximum absolute atomic E-state index is 11.3. The lowest BCUT2D eigenvalue weighted by Crippen LogP contribution is -2.54. The van der Waals surface area contributed by atoms with Crippen molar-refractivity contribution in [3.8, 4) is 0 Å². The minimum atomic E-state index is -1.11. The SMILES string of the molecule is CCCC1C[C@H](OC(=O)O)CC2=CC[C@H]3[C@@H]4CC[C@H]([C@H](C)CCCC(C)C)[C@@]4(C)CC[C@@H]3[C@]21C. The van der Waals surface area contributed by atoms with Crippen LogP contribution >= 0.6 is 0 Å². The van der Waals surface area contributed by atoms with Crippen LogP contribution in [0.1, 0.15) is 119 Å². The molecular formula is C31H52O3. The van der Waals surface area contributed by atoms with Crippen molar-refractivity contribution in [3.63, 3.8) is 0 Å². The van der Waals surface area contributed by atoms with Crippen molar-refractivity contribution in [3.05, 3.63) is 11.6 Å². The van der Waals surface area contributed by atoms with Gasteiger partial charge in [0.05, 0.1) is 0 Å². The molecule has 0 saturated heterocycles. The third-order valence-corrected chi connectivity index (χ3v) is 11.5. The molecule has 3 fully saturated rings. The molecule has 0 aromatic rings. The van der Waals surface area contributed by atoms with Gasteiger partial charge in [0.2, 0.25) is 0 Å². The van der Waals surface area contributed by atoms with Crippen LogP contribution in [0.15, 0.2) is 11.6 Å². The van der Waals surface area contributed by atoms with Crippen LogP contribution in [0.2, 0.25) is 0 Å². The van der Waals surface area contributed by atoms with Gasteiger partial charge in [0, 0.05) is 6.42 Å². The van der Waals surface area contributed by atoms with Crippen molar-refractivity contribution in [2.45, 2.75) is 125 Å². The average Bonchev–Trinajstić information content (AvgIpc) is 3.11. The average molecular weight is 473 g/mol. The van der Waals surface area contributed by atoms with E-state index < -0.39 is 6.16 Å². The standard InChI is InChI=1S/C31H52O3/c1-7-9-22-18-24(34-29(32)33)19-23-12-13-25-27-15-14-26(21(4)11-8-10-20(2)3)30(27,5)17-16-28(25)31(22,23)6/h12,20-22,24-28H,7-11,13-19H2,1-6H3,(H,32,33)/t21-,22?,24+,25+,26-,27+,28+,30-,31+/m1/s1. The van der Waals surface area contributed by atoms with Crippen LogP contribution in [0.5, 0.6) is 0 Å². The van der Waals surface area contributed by atoms with E-state index in [9.17, 15) is 9.90 Å². The molecule has 0 spiro atoms. The molecule has 4 rings (SSSR count). The van der Waals surface area contributed by atoms with Crippen molar-refractivity contribution in [1.82, 2.24) is 0 Å². The number of rotatable bonds is 8. The predicted octanol–water partition coefficient (Wildman–Crippen LogP) is 9.12. The molecule has 34 heavy (non-hydrogen) atoms. The summed E-state index contributed by atoms with van der Waals surface area (Å²) < 4.78 is 5.35. The molecule has 4 aliphatic carbocycles. The molecule has 4 aliphatic rings. The summed E-state index contributed by atoms with van der Waals surface area (Å²) in [5.74, 6) is 5.58. The van der Waals surface area contributed by atoms with Gasteiger partial charge < -0.3 is 9.84 Å². The van der Waals surface area contributed by atoms with Gasteiger partial charge in [-0.25, -0.2) is 4.79 Å². The minimum absolute atomic E-state index is 0.152. The zero-order valence-electron chi connectivity index (χ0n) is 22.9. The molecule has 0 aromatic carbocycles. The summed E-state index contributed by atoms with van der Waals surface area (Å²) in [5.41, 5.74) is 2.29. The van der Waals surface area contributed by atoms with Crippen LogP contribution < -0.4 is 0 Å². The number of hydrogen-bond donors (Lipinski definition) is 1. The second kappa shape index (κ2) is 10.2. The molecule has 0 radical (unpaired) electrons. The molecule has 3 saturated carbocycles. The summed E-state index contributed by atoms with van der Waals surface area (Å²) in [6, 6.07) is 0. The van der Waals surface area contributed by atoms with Crippen LogP contribution in [-0.2, 0) is 4.74 Å². The third kappa shape index (κ3) is 4.59. The topological polar surface area (TPSA) is 46.5 Å². The molecule has 3 nitrogen and oxygen atoms in total. The van der Waals surface area contributed by atoms with E-state index in [0.717, 1.165) is 48.3 Å². The lowest BCUT2D eigenvalue weighted by atomic mass is 9.44. The normalized spacial score (nSPS) is 42.4. The van der Waals surface area contributed by atoms with Crippen molar-refractivity contribution in [1.29, 1.82) is 0 Å². The minimum Gasteiger partial charge on any atom is -0.450 e. The molecule has 1 unspecified atom stereocenters. The van der Waals surface area contributed by atoms with Gasteiger partial charge in [0.1, 0.15) is 6.10 Å².